The highest BCUT2D eigenvalue weighted by Crippen LogP contribution is 2.20. The van der Waals surface area contributed by atoms with Gasteiger partial charge in [0, 0.05) is 17.1 Å². The van der Waals surface area contributed by atoms with E-state index in [1.54, 1.807) is 6.07 Å². The number of para-hydroxylation sites is 1. The molecule has 2 aromatic carbocycles. The van der Waals surface area contributed by atoms with E-state index in [0.29, 0.717) is 23.9 Å². The number of carbonyl (C=O) groups excluding carboxylic acids is 1. The number of benzene rings is 2. The van der Waals surface area contributed by atoms with Crippen molar-refractivity contribution in [3.8, 4) is 5.75 Å². The Morgan fingerprint density at radius 2 is 1.79 bits per heavy atom. The van der Waals surface area contributed by atoms with Crippen molar-refractivity contribution >= 4 is 23.2 Å². The zero-order valence-electron chi connectivity index (χ0n) is 16.3. The molecule has 3 aromatic rings. The van der Waals surface area contributed by atoms with E-state index >= 15 is 0 Å². The van der Waals surface area contributed by atoms with Crippen LogP contribution in [0.2, 0.25) is 0 Å². The highest BCUT2D eigenvalue weighted by atomic mass is 16.5. The molecule has 0 bridgehead atoms. The molecule has 144 valence electrons. The third-order valence-electron chi connectivity index (χ3n) is 4.15. The van der Waals surface area contributed by atoms with E-state index < -0.39 is 0 Å². The van der Waals surface area contributed by atoms with Crippen molar-refractivity contribution in [1.82, 2.24) is 9.97 Å². The summed E-state index contributed by atoms with van der Waals surface area (Å²) in [6.07, 6.45) is 0.837. The molecule has 3 rings (SSSR count). The van der Waals surface area contributed by atoms with Crippen LogP contribution >= 0.6 is 0 Å². The predicted molar refractivity (Wildman–Crippen MR) is 111 cm³/mol. The second-order valence-corrected chi connectivity index (χ2v) is 6.27. The number of rotatable bonds is 7. The molecule has 0 aliphatic rings. The smallest absolute Gasteiger partial charge is 0.274 e. The first-order valence-electron chi connectivity index (χ1n) is 9.34. The van der Waals surface area contributed by atoms with Crippen LogP contribution in [0, 0.1) is 6.92 Å². The van der Waals surface area contributed by atoms with Gasteiger partial charge in [0.25, 0.3) is 5.91 Å². The number of hydrogen-bond acceptors (Lipinski definition) is 5. The Morgan fingerprint density at radius 3 is 2.50 bits per heavy atom. The Balaban J connectivity index is 1.78. The van der Waals surface area contributed by atoms with Crippen LogP contribution in [0.5, 0.6) is 5.75 Å². The van der Waals surface area contributed by atoms with Gasteiger partial charge in [-0.05, 0) is 62.2 Å². The monoisotopic (exact) mass is 376 g/mol. The number of aromatic nitrogens is 2. The summed E-state index contributed by atoms with van der Waals surface area (Å²) in [6, 6.07) is 16.9. The van der Waals surface area contributed by atoms with Crippen LogP contribution in [-0.4, -0.2) is 22.5 Å². The number of nitrogens with zero attached hydrogens (tertiary/aromatic N) is 2. The summed E-state index contributed by atoms with van der Waals surface area (Å²) in [6.45, 7) is 6.45. The molecule has 6 nitrogen and oxygen atoms in total. The molecule has 1 heterocycles. The van der Waals surface area contributed by atoms with Crippen LogP contribution in [-0.2, 0) is 6.42 Å². The Hall–Kier alpha value is -3.41. The predicted octanol–water partition coefficient (Wildman–Crippen LogP) is 4.74. The number of carbonyl (C=O) groups is 1. The lowest BCUT2D eigenvalue weighted by atomic mass is 10.1. The Labute approximate surface area is 165 Å². The number of anilines is 3. The first kappa shape index (κ1) is 19.4. The minimum atomic E-state index is -0.263. The maximum atomic E-state index is 12.7. The van der Waals surface area contributed by atoms with E-state index in [9.17, 15) is 4.79 Å². The molecule has 0 spiro atoms. The lowest BCUT2D eigenvalue weighted by Gasteiger charge is -2.11. The van der Waals surface area contributed by atoms with Gasteiger partial charge in [0.2, 0.25) is 5.95 Å². The van der Waals surface area contributed by atoms with Crippen LogP contribution in [0.3, 0.4) is 0 Å². The van der Waals surface area contributed by atoms with Crippen LogP contribution < -0.4 is 15.4 Å². The average Bonchev–Trinajstić information content (AvgIpc) is 2.69. The van der Waals surface area contributed by atoms with Crippen LogP contribution in [0.1, 0.15) is 35.6 Å². The second-order valence-electron chi connectivity index (χ2n) is 6.27. The fourth-order valence-corrected chi connectivity index (χ4v) is 2.81. The van der Waals surface area contributed by atoms with E-state index in [1.807, 2.05) is 62.4 Å². The lowest BCUT2D eigenvalue weighted by Crippen LogP contribution is -2.16. The molecule has 0 saturated carbocycles. The highest BCUT2D eigenvalue weighted by Gasteiger charge is 2.12. The molecule has 6 heteroatoms. The Bertz CT molecular complexity index is 955. The van der Waals surface area contributed by atoms with Crippen molar-refractivity contribution in [2.75, 3.05) is 17.2 Å². The number of hydrogen-bond donors (Lipinski definition) is 2. The second kappa shape index (κ2) is 8.99. The van der Waals surface area contributed by atoms with E-state index in [1.165, 1.54) is 0 Å². The Morgan fingerprint density at radius 1 is 1.04 bits per heavy atom. The summed E-state index contributed by atoms with van der Waals surface area (Å²) < 4.78 is 5.44. The molecule has 0 aliphatic carbocycles. The van der Waals surface area contributed by atoms with Gasteiger partial charge < -0.3 is 15.4 Å². The van der Waals surface area contributed by atoms with Crippen LogP contribution in [0.25, 0.3) is 0 Å². The van der Waals surface area contributed by atoms with Crippen molar-refractivity contribution in [3.05, 3.63) is 71.5 Å². The molecular weight excluding hydrogens is 352 g/mol. The van der Waals surface area contributed by atoms with E-state index in [0.717, 1.165) is 29.1 Å². The fraction of sp³-hybridized carbons (Fsp3) is 0.227. The summed E-state index contributed by atoms with van der Waals surface area (Å²) in [7, 11) is 0. The quantitative estimate of drug-likeness (QED) is 0.623. The molecule has 1 amide bonds. The normalized spacial score (nSPS) is 10.4. The molecule has 0 unspecified atom stereocenters. The number of nitrogens with one attached hydrogen (secondary N) is 2. The van der Waals surface area contributed by atoms with E-state index in [2.05, 4.69) is 27.5 Å². The van der Waals surface area contributed by atoms with Gasteiger partial charge in [-0.25, -0.2) is 9.97 Å². The zero-order valence-corrected chi connectivity index (χ0v) is 16.3. The van der Waals surface area contributed by atoms with Crippen LogP contribution in [0.15, 0.2) is 54.6 Å². The minimum absolute atomic E-state index is 0.263. The molecule has 0 fully saturated rings. The summed E-state index contributed by atoms with van der Waals surface area (Å²) in [5.41, 5.74) is 3.71. The number of ether oxygens (including phenoxy) is 1. The highest BCUT2D eigenvalue weighted by molar-refractivity contribution is 6.03. The molecule has 0 aliphatic heterocycles. The molecule has 2 N–H and O–H groups in total. The van der Waals surface area contributed by atoms with Crippen molar-refractivity contribution < 1.29 is 9.53 Å². The SMILES string of the molecule is CCOc1ccc(Nc2nc(C)cc(C(=O)Nc3ccccc3CC)n2)cc1. The molecule has 0 atom stereocenters. The zero-order chi connectivity index (χ0) is 19.9. The third-order valence-corrected chi connectivity index (χ3v) is 4.15. The summed E-state index contributed by atoms with van der Waals surface area (Å²) >= 11 is 0. The maximum Gasteiger partial charge on any atom is 0.274 e. The molecule has 1 aromatic heterocycles. The summed E-state index contributed by atoms with van der Waals surface area (Å²) in [4.78, 5) is 21.5. The fourth-order valence-electron chi connectivity index (χ4n) is 2.81. The van der Waals surface area contributed by atoms with Crippen molar-refractivity contribution in [3.63, 3.8) is 0 Å². The van der Waals surface area contributed by atoms with Gasteiger partial charge in [-0.15, -0.1) is 0 Å². The standard InChI is InChI=1S/C22H24N4O2/c1-4-16-8-6-7-9-19(16)25-21(27)20-14-15(3)23-22(26-20)24-17-10-12-18(13-11-17)28-5-2/h6-14H,4-5H2,1-3H3,(H,25,27)(H,23,24,26). The molecular formula is C22H24N4O2. The van der Waals surface area contributed by atoms with Crippen molar-refractivity contribution in [2.45, 2.75) is 27.2 Å². The van der Waals surface area contributed by atoms with Crippen molar-refractivity contribution in [1.29, 1.82) is 0 Å². The largest absolute Gasteiger partial charge is 0.494 e. The topological polar surface area (TPSA) is 76.1 Å². The third kappa shape index (κ3) is 4.85. The van der Waals surface area contributed by atoms with E-state index in [4.69, 9.17) is 4.74 Å². The van der Waals surface area contributed by atoms with Gasteiger partial charge in [-0.3, -0.25) is 4.79 Å². The van der Waals surface area contributed by atoms with Gasteiger partial charge in [0.05, 0.1) is 6.61 Å². The molecule has 0 saturated heterocycles. The molecule has 28 heavy (non-hydrogen) atoms. The minimum Gasteiger partial charge on any atom is -0.494 e. The molecule has 0 radical (unpaired) electrons. The van der Waals surface area contributed by atoms with E-state index in [-0.39, 0.29) is 5.91 Å². The lowest BCUT2D eigenvalue weighted by molar-refractivity contribution is 0.102. The van der Waals surface area contributed by atoms with Crippen LogP contribution in [0.4, 0.5) is 17.3 Å². The summed E-state index contributed by atoms with van der Waals surface area (Å²) in [5, 5.41) is 6.08. The van der Waals surface area contributed by atoms with Crippen molar-refractivity contribution in [2.24, 2.45) is 0 Å². The first-order chi connectivity index (χ1) is 13.6. The summed E-state index contributed by atoms with van der Waals surface area (Å²) in [5.74, 6) is 0.909. The number of aryl methyl sites for hydroxylation is 2. The average molecular weight is 376 g/mol. The van der Waals surface area contributed by atoms with Gasteiger partial charge in [0.1, 0.15) is 11.4 Å². The van der Waals surface area contributed by atoms with Gasteiger partial charge >= 0.3 is 0 Å². The van der Waals surface area contributed by atoms with Gasteiger partial charge in [-0.1, -0.05) is 25.1 Å². The van der Waals surface area contributed by atoms with Gasteiger partial charge in [-0.2, -0.15) is 0 Å². The first-order valence-corrected chi connectivity index (χ1v) is 9.34. The number of amides is 1. The van der Waals surface area contributed by atoms with Gasteiger partial charge in [0.15, 0.2) is 0 Å². The Kier molecular flexibility index (Phi) is 6.22. The maximum absolute atomic E-state index is 12.7.